The summed E-state index contributed by atoms with van der Waals surface area (Å²) in [6, 6.07) is 14.8. The van der Waals surface area contributed by atoms with Crippen LogP contribution in [0.15, 0.2) is 48.5 Å². The molecule has 0 spiro atoms. The van der Waals surface area contributed by atoms with Gasteiger partial charge in [-0.1, -0.05) is 11.6 Å². The van der Waals surface area contributed by atoms with E-state index in [2.05, 4.69) is 24.1 Å². The highest BCUT2D eigenvalue weighted by atomic mass is 35.5. The maximum absolute atomic E-state index is 12.2. The van der Waals surface area contributed by atoms with Crippen LogP contribution in [0.3, 0.4) is 0 Å². The lowest BCUT2D eigenvalue weighted by Gasteiger charge is -2.43. The number of rotatable bonds is 3. The van der Waals surface area contributed by atoms with Crippen LogP contribution in [0.25, 0.3) is 0 Å². The maximum atomic E-state index is 12.2. The molecule has 0 bridgehead atoms. The number of amides is 1. The van der Waals surface area contributed by atoms with E-state index in [-0.39, 0.29) is 11.4 Å². The first-order valence-electron chi connectivity index (χ1n) is 7.98. The van der Waals surface area contributed by atoms with E-state index in [0.29, 0.717) is 17.2 Å². The molecular formula is C19H21ClN2O2. The monoisotopic (exact) mass is 344 g/mol. The van der Waals surface area contributed by atoms with Crippen LogP contribution in [-0.2, 0) is 4.74 Å². The van der Waals surface area contributed by atoms with Crippen molar-refractivity contribution in [1.29, 1.82) is 0 Å². The highest BCUT2D eigenvalue weighted by Crippen LogP contribution is 2.28. The first-order valence-corrected chi connectivity index (χ1v) is 8.36. The number of nitrogens with one attached hydrogen (secondary N) is 1. The van der Waals surface area contributed by atoms with Gasteiger partial charge in [0.05, 0.1) is 18.8 Å². The van der Waals surface area contributed by atoms with Crippen molar-refractivity contribution >= 4 is 28.9 Å². The summed E-state index contributed by atoms with van der Waals surface area (Å²) in [7, 11) is 0. The molecule has 0 aliphatic carbocycles. The average molecular weight is 345 g/mol. The molecule has 1 amide bonds. The van der Waals surface area contributed by atoms with Gasteiger partial charge in [-0.2, -0.15) is 0 Å². The van der Waals surface area contributed by atoms with Crippen molar-refractivity contribution in [3.8, 4) is 0 Å². The fourth-order valence-electron chi connectivity index (χ4n) is 2.87. The van der Waals surface area contributed by atoms with Crippen LogP contribution in [0.1, 0.15) is 24.2 Å². The number of carbonyl (C=O) groups excluding carboxylic acids is 1. The molecule has 1 aliphatic heterocycles. The molecule has 0 saturated carbocycles. The molecule has 24 heavy (non-hydrogen) atoms. The van der Waals surface area contributed by atoms with Gasteiger partial charge in [0.1, 0.15) is 0 Å². The van der Waals surface area contributed by atoms with Gasteiger partial charge in [-0.3, -0.25) is 4.79 Å². The van der Waals surface area contributed by atoms with E-state index in [1.807, 2.05) is 24.3 Å². The van der Waals surface area contributed by atoms with Crippen molar-refractivity contribution in [2.45, 2.75) is 19.4 Å². The summed E-state index contributed by atoms with van der Waals surface area (Å²) >= 11 is 5.85. The Morgan fingerprint density at radius 1 is 1.12 bits per heavy atom. The van der Waals surface area contributed by atoms with Gasteiger partial charge in [0.25, 0.3) is 5.91 Å². The highest BCUT2D eigenvalue weighted by molar-refractivity contribution is 6.30. The van der Waals surface area contributed by atoms with E-state index in [0.717, 1.165) is 24.5 Å². The molecule has 0 unspecified atom stereocenters. The van der Waals surface area contributed by atoms with Crippen molar-refractivity contribution in [2.24, 2.45) is 0 Å². The van der Waals surface area contributed by atoms with E-state index >= 15 is 0 Å². The Morgan fingerprint density at radius 3 is 2.42 bits per heavy atom. The number of benzene rings is 2. The van der Waals surface area contributed by atoms with Crippen LogP contribution in [0.5, 0.6) is 0 Å². The van der Waals surface area contributed by atoms with Crippen LogP contribution in [0, 0.1) is 0 Å². The van der Waals surface area contributed by atoms with Gasteiger partial charge in [0.2, 0.25) is 0 Å². The number of carbonyl (C=O) groups is 1. The van der Waals surface area contributed by atoms with Gasteiger partial charge < -0.3 is 15.0 Å². The van der Waals surface area contributed by atoms with Gasteiger partial charge in [-0.15, -0.1) is 0 Å². The normalized spacial score (nSPS) is 16.7. The lowest BCUT2D eigenvalue weighted by Crippen LogP contribution is -2.53. The zero-order valence-corrected chi connectivity index (χ0v) is 14.6. The third kappa shape index (κ3) is 3.71. The minimum Gasteiger partial charge on any atom is -0.377 e. The number of anilines is 2. The molecule has 1 heterocycles. The van der Waals surface area contributed by atoms with Crippen LogP contribution >= 0.6 is 11.6 Å². The first-order chi connectivity index (χ1) is 11.5. The van der Waals surface area contributed by atoms with Gasteiger partial charge in [-0.05, 0) is 62.4 Å². The molecule has 0 radical (unpaired) electrons. The fourth-order valence-corrected chi connectivity index (χ4v) is 2.99. The van der Waals surface area contributed by atoms with E-state index in [4.69, 9.17) is 16.3 Å². The second kappa shape index (κ2) is 6.83. The lowest BCUT2D eigenvalue weighted by atomic mass is 10.0. The van der Waals surface area contributed by atoms with Gasteiger partial charge in [-0.25, -0.2) is 0 Å². The van der Waals surface area contributed by atoms with E-state index in [1.54, 1.807) is 24.3 Å². The zero-order chi connectivity index (χ0) is 17.2. The SMILES string of the molecule is CC1(C)COCCN1c1ccc(NC(=O)c2ccc(Cl)cc2)cc1. The molecule has 1 fully saturated rings. The Balaban J connectivity index is 1.70. The highest BCUT2D eigenvalue weighted by Gasteiger charge is 2.30. The second-order valence-corrected chi connectivity index (χ2v) is 6.96. The molecule has 0 atom stereocenters. The Kier molecular flexibility index (Phi) is 4.78. The molecule has 1 N–H and O–H groups in total. The van der Waals surface area contributed by atoms with Crippen LogP contribution in [0.2, 0.25) is 5.02 Å². The fraction of sp³-hybridized carbons (Fsp3) is 0.316. The molecule has 1 saturated heterocycles. The molecule has 4 nitrogen and oxygen atoms in total. The Hall–Kier alpha value is -2.04. The van der Waals surface area contributed by atoms with Crippen molar-refractivity contribution in [3.05, 3.63) is 59.1 Å². The number of hydrogen-bond acceptors (Lipinski definition) is 3. The van der Waals surface area contributed by atoms with Gasteiger partial charge in [0.15, 0.2) is 0 Å². The predicted molar refractivity (Wildman–Crippen MR) is 98.1 cm³/mol. The van der Waals surface area contributed by atoms with E-state index < -0.39 is 0 Å². The first kappa shape index (κ1) is 16.8. The van der Waals surface area contributed by atoms with Gasteiger partial charge >= 0.3 is 0 Å². The molecule has 2 aromatic carbocycles. The largest absolute Gasteiger partial charge is 0.377 e. The van der Waals surface area contributed by atoms with Crippen molar-refractivity contribution in [2.75, 3.05) is 30.0 Å². The topological polar surface area (TPSA) is 41.6 Å². The maximum Gasteiger partial charge on any atom is 0.255 e. The molecule has 5 heteroatoms. The minimum absolute atomic E-state index is 0.0354. The Labute approximate surface area is 147 Å². The lowest BCUT2D eigenvalue weighted by molar-refractivity contribution is 0.0644. The second-order valence-electron chi connectivity index (χ2n) is 6.52. The van der Waals surface area contributed by atoms with Crippen LogP contribution in [-0.4, -0.2) is 31.2 Å². The van der Waals surface area contributed by atoms with Crippen molar-refractivity contribution in [1.82, 2.24) is 0 Å². The molecule has 1 aliphatic rings. The van der Waals surface area contributed by atoms with Crippen LogP contribution in [0.4, 0.5) is 11.4 Å². The summed E-state index contributed by atoms with van der Waals surface area (Å²) in [4.78, 5) is 14.6. The van der Waals surface area contributed by atoms with Crippen molar-refractivity contribution in [3.63, 3.8) is 0 Å². The van der Waals surface area contributed by atoms with Crippen molar-refractivity contribution < 1.29 is 9.53 Å². The summed E-state index contributed by atoms with van der Waals surface area (Å²) in [5, 5.41) is 3.52. The Morgan fingerprint density at radius 2 is 1.79 bits per heavy atom. The van der Waals surface area contributed by atoms with E-state index in [9.17, 15) is 4.79 Å². The summed E-state index contributed by atoms with van der Waals surface area (Å²) in [5.74, 6) is -0.147. The Bertz CT molecular complexity index is 711. The zero-order valence-electron chi connectivity index (χ0n) is 13.9. The number of halogens is 1. The third-order valence-corrected chi connectivity index (χ3v) is 4.44. The number of nitrogens with zero attached hydrogens (tertiary/aromatic N) is 1. The predicted octanol–water partition coefficient (Wildman–Crippen LogP) is 4.21. The molecule has 0 aromatic heterocycles. The molecule has 2 aromatic rings. The van der Waals surface area contributed by atoms with Gasteiger partial charge in [0, 0.05) is 28.5 Å². The third-order valence-electron chi connectivity index (χ3n) is 4.19. The number of morpholine rings is 1. The summed E-state index contributed by atoms with van der Waals surface area (Å²) < 4.78 is 5.56. The number of hydrogen-bond donors (Lipinski definition) is 1. The van der Waals surface area contributed by atoms with E-state index in [1.165, 1.54) is 0 Å². The standard InChI is InChI=1S/C19H21ClN2O2/c1-19(2)13-24-12-11-22(19)17-9-7-16(8-10-17)21-18(23)14-3-5-15(20)6-4-14/h3-10H,11-13H2,1-2H3,(H,21,23). The summed E-state index contributed by atoms with van der Waals surface area (Å²) in [6.45, 7) is 6.65. The minimum atomic E-state index is -0.147. The molecule has 126 valence electrons. The summed E-state index contributed by atoms with van der Waals surface area (Å²) in [6.07, 6.45) is 0. The molecule has 3 rings (SSSR count). The molecular weight excluding hydrogens is 324 g/mol. The average Bonchev–Trinajstić information content (AvgIpc) is 2.56. The smallest absolute Gasteiger partial charge is 0.255 e. The number of ether oxygens (including phenoxy) is 1. The quantitative estimate of drug-likeness (QED) is 0.907. The van der Waals surface area contributed by atoms with Crippen LogP contribution < -0.4 is 10.2 Å². The summed E-state index contributed by atoms with van der Waals surface area (Å²) in [5.41, 5.74) is 2.45.